The number of rotatable bonds is 2. The molecule has 3 rings (SSSR count). The van der Waals surface area contributed by atoms with Gasteiger partial charge >= 0.3 is 5.97 Å². The number of aryl methyl sites for hydroxylation is 1. The fourth-order valence-corrected chi connectivity index (χ4v) is 2.93. The van der Waals surface area contributed by atoms with Crippen LogP contribution in [-0.2, 0) is 14.2 Å². The van der Waals surface area contributed by atoms with Crippen molar-refractivity contribution < 1.29 is 19.0 Å². The minimum Gasteiger partial charge on any atom is -0.459 e. The summed E-state index contributed by atoms with van der Waals surface area (Å²) in [7, 11) is 0. The first kappa shape index (κ1) is 14.4. The van der Waals surface area contributed by atoms with Crippen molar-refractivity contribution in [3.8, 4) is 0 Å². The van der Waals surface area contributed by atoms with Gasteiger partial charge in [-0.05, 0) is 24.6 Å². The van der Waals surface area contributed by atoms with Gasteiger partial charge in [0.25, 0.3) is 0 Å². The standard InChI is InChI=1S/C16H21NO4/c1-11-2-3-12(8-14(11)17)15(18)21-13-4-6-20-16(9-13)5-7-19-10-16/h2-3,8,13H,4-7,9-10,17H2,1H3. The van der Waals surface area contributed by atoms with Crippen LogP contribution in [0.4, 0.5) is 5.69 Å². The molecular formula is C16H21NO4. The molecule has 1 spiro atoms. The number of hydrogen-bond acceptors (Lipinski definition) is 5. The van der Waals surface area contributed by atoms with Crippen molar-refractivity contribution >= 4 is 11.7 Å². The molecule has 0 saturated carbocycles. The third-order valence-corrected chi connectivity index (χ3v) is 4.30. The number of carbonyl (C=O) groups excluding carboxylic acids is 1. The van der Waals surface area contributed by atoms with E-state index in [1.807, 2.05) is 13.0 Å². The summed E-state index contributed by atoms with van der Waals surface area (Å²) in [6, 6.07) is 5.26. The molecule has 2 atom stereocenters. The maximum Gasteiger partial charge on any atom is 0.338 e. The fourth-order valence-electron chi connectivity index (χ4n) is 2.93. The van der Waals surface area contributed by atoms with Crippen molar-refractivity contribution in [2.24, 2.45) is 0 Å². The van der Waals surface area contributed by atoms with Crippen LogP contribution in [-0.4, -0.2) is 37.5 Å². The number of benzene rings is 1. The second kappa shape index (κ2) is 5.66. The van der Waals surface area contributed by atoms with Gasteiger partial charge in [-0.1, -0.05) is 6.07 Å². The molecule has 1 aromatic rings. The van der Waals surface area contributed by atoms with E-state index in [-0.39, 0.29) is 17.7 Å². The SMILES string of the molecule is Cc1ccc(C(=O)OC2CCOC3(CCOC3)C2)cc1N. The normalized spacial score (nSPS) is 28.7. The zero-order valence-electron chi connectivity index (χ0n) is 12.3. The van der Waals surface area contributed by atoms with Crippen LogP contribution in [0.25, 0.3) is 0 Å². The molecule has 2 saturated heterocycles. The Morgan fingerprint density at radius 2 is 2.29 bits per heavy atom. The number of hydrogen-bond donors (Lipinski definition) is 1. The van der Waals surface area contributed by atoms with Crippen LogP contribution in [0.1, 0.15) is 35.2 Å². The van der Waals surface area contributed by atoms with E-state index >= 15 is 0 Å². The smallest absolute Gasteiger partial charge is 0.338 e. The monoisotopic (exact) mass is 291 g/mol. The van der Waals surface area contributed by atoms with Crippen molar-refractivity contribution in [3.05, 3.63) is 29.3 Å². The summed E-state index contributed by atoms with van der Waals surface area (Å²) in [6.45, 7) is 3.83. The molecule has 2 aliphatic heterocycles. The number of anilines is 1. The quantitative estimate of drug-likeness (QED) is 0.667. The highest BCUT2D eigenvalue weighted by Gasteiger charge is 2.42. The summed E-state index contributed by atoms with van der Waals surface area (Å²) in [5.41, 5.74) is 7.65. The summed E-state index contributed by atoms with van der Waals surface area (Å²) >= 11 is 0. The number of ether oxygens (including phenoxy) is 3. The Labute approximate surface area is 124 Å². The summed E-state index contributed by atoms with van der Waals surface area (Å²) in [4.78, 5) is 12.2. The number of nitrogens with two attached hydrogens (primary N) is 1. The van der Waals surface area contributed by atoms with E-state index in [1.165, 1.54) is 0 Å². The first-order chi connectivity index (χ1) is 10.1. The predicted octanol–water partition coefficient (Wildman–Crippen LogP) is 2.07. The Kier molecular flexibility index (Phi) is 3.87. The molecule has 2 fully saturated rings. The van der Waals surface area contributed by atoms with Crippen molar-refractivity contribution in [2.75, 3.05) is 25.6 Å². The topological polar surface area (TPSA) is 70.8 Å². The van der Waals surface area contributed by atoms with E-state index in [0.717, 1.165) is 25.0 Å². The van der Waals surface area contributed by atoms with E-state index < -0.39 is 0 Å². The van der Waals surface area contributed by atoms with Crippen molar-refractivity contribution in [1.82, 2.24) is 0 Å². The predicted molar refractivity (Wildman–Crippen MR) is 78.1 cm³/mol. The number of esters is 1. The third kappa shape index (κ3) is 3.04. The first-order valence-electron chi connectivity index (χ1n) is 7.37. The van der Waals surface area contributed by atoms with Crippen molar-refractivity contribution in [1.29, 1.82) is 0 Å². The van der Waals surface area contributed by atoms with Crippen molar-refractivity contribution in [2.45, 2.75) is 37.9 Å². The highest BCUT2D eigenvalue weighted by Crippen LogP contribution is 2.34. The lowest BCUT2D eigenvalue weighted by atomic mass is 9.91. The second-order valence-electron chi connectivity index (χ2n) is 5.93. The van der Waals surface area contributed by atoms with Crippen LogP contribution >= 0.6 is 0 Å². The molecule has 2 aliphatic rings. The van der Waals surface area contributed by atoms with Crippen LogP contribution in [0.2, 0.25) is 0 Å². The van der Waals surface area contributed by atoms with Gasteiger partial charge in [0.05, 0.1) is 24.4 Å². The molecule has 5 heteroatoms. The second-order valence-corrected chi connectivity index (χ2v) is 5.93. The molecule has 2 unspecified atom stereocenters. The minimum absolute atomic E-state index is 0.115. The van der Waals surface area contributed by atoms with E-state index in [1.54, 1.807) is 12.1 Å². The Morgan fingerprint density at radius 1 is 1.43 bits per heavy atom. The average Bonchev–Trinajstić information content (AvgIpc) is 2.89. The molecule has 0 amide bonds. The van der Waals surface area contributed by atoms with Crippen LogP contribution in [0.5, 0.6) is 0 Å². The molecule has 5 nitrogen and oxygen atoms in total. The highest BCUT2D eigenvalue weighted by molar-refractivity contribution is 5.90. The maximum atomic E-state index is 12.2. The van der Waals surface area contributed by atoms with Gasteiger partial charge < -0.3 is 19.9 Å². The Bertz CT molecular complexity index is 537. The Balaban J connectivity index is 1.65. The summed E-state index contributed by atoms with van der Waals surface area (Å²) < 4.78 is 16.9. The average molecular weight is 291 g/mol. The van der Waals surface area contributed by atoms with Crippen LogP contribution in [0.15, 0.2) is 18.2 Å². The van der Waals surface area contributed by atoms with Gasteiger partial charge in [-0.3, -0.25) is 0 Å². The molecule has 21 heavy (non-hydrogen) atoms. The Hall–Kier alpha value is -1.59. The third-order valence-electron chi connectivity index (χ3n) is 4.30. The van der Waals surface area contributed by atoms with Gasteiger partial charge in [-0.2, -0.15) is 0 Å². The van der Waals surface area contributed by atoms with E-state index in [9.17, 15) is 4.79 Å². The molecule has 114 valence electrons. The molecule has 2 heterocycles. The highest BCUT2D eigenvalue weighted by atomic mass is 16.6. The number of carbonyl (C=O) groups is 1. The van der Waals surface area contributed by atoms with Crippen LogP contribution in [0.3, 0.4) is 0 Å². The number of nitrogen functional groups attached to an aromatic ring is 1. The summed E-state index contributed by atoms with van der Waals surface area (Å²) in [5.74, 6) is -0.317. The molecule has 2 N–H and O–H groups in total. The molecule has 0 aromatic heterocycles. The fraction of sp³-hybridized carbons (Fsp3) is 0.562. The zero-order valence-corrected chi connectivity index (χ0v) is 12.3. The van der Waals surface area contributed by atoms with Gasteiger partial charge in [-0.15, -0.1) is 0 Å². The van der Waals surface area contributed by atoms with Gasteiger partial charge in [-0.25, -0.2) is 4.79 Å². The van der Waals surface area contributed by atoms with Crippen LogP contribution < -0.4 is 5.73 Å². The Morgan fingerprint density at radius 3 is 3.00 bits per heavy atom. The lowest BCUT2D eigenvalue weighted by molar-refractivity contribution is -0.120. The molecular weight excluding hydrogens is 270 g/mol. The van der Waals surface area contributed by atoms with Gasteiger partial charge in [0.2, 0.25) is 0 Å². The lowest BCUT2D eigenvalue weighted by Crippen LogP contribution is -2.43. The van der Waals surface area contributed by atoms with Gasteiger partial charge in [0.15, 0.2) is 0 Å². The van der Waals surface area contributed by atoms with Gasteiger partial charge in [0.1, 0.15) is 6.10 Å². The minimum atomic E-state index is -0.317. The van der Waals surface area contributed by atoms with Crippen LogP contribution in [0, 0.1) is 6.92 Å². The summed E-state index contributed by atoms with van der Waals surface area (Å²) in [5, 5.41) is 0. The maximum absolute atomic E-state index is 12.2. The van der Waals surface area contributed by atoms with Crippen molar-refractivity contribution in [3.63, 3.8) is 0 Å². The van der Waals surface area contributed by atoms with E-state index in [4.69, 9.17) is 19.9 Å². The lowest BCUT2D eigenvalue weighted by Gasteiger charge is -2.36. The largest absolute Gasteiger partial charge is 0.459 e. The van der Waals surface area contributed by atoms with E-state index in [0.29, 0.717) is 30.9 Å². The van der Waals surface area contributed by atoms with E-state index in [2.05, 4.69) is 0 Å². The molecule has 0 radical (unpaired) electrons. The summed E-state index contributed by atoms with van der Waals surface area (Å²) in [6.07, 6.45) is 2.20. The van der Waals surface area contributed by atoms with Gasteiger partial charge in [0, 0.05) is 31.6 Å². The first-order valence-corrected chi connectivity index (χ1v) is 7.37. The zero-order chi connectivity index (χ0) is 14.9. The molecule has 1 aromatic carbocycles. The molecule has 0 aliphatic carbocycles. The molecule has 0 bridgehead atoms.